The van der Waals surface area contributed by atoms with Crippen LogP contribution in [0, 0.1) is 0 Å². The van der Waals surface area contributed by atoms with Gasteiger partial charge in [0.05, 0.1) is 13.2 Å². The summed E-state index contributed by atoms with van der Waals surface area (Å²) in [4.78, 5) is 13.2. The first-order chi connectivity index (χ1) is 10.8. The number of aromatic amines is 1. The second kappa shape index (κ2) is 8.09. The largest absolute Gasteiger partial charge is 0.379 e. The summed E-state index contributed by atoms with van der Waals surface area (Å²) in [7, 11) is 0. The Kier molecular flexibility index (Phi) is 5.87. The predicted octanol–water partition coefficient (Wildman–Crippen LogP) is 2.05. The van der Waals surface area contributed by atoms with Crippen molar-refractivity contribution in [2.24, 2.45) is 0 Å². The molecular formula is C17H30N4O. The van der Waals surface area contributed by atoms with Gasteiger partial charge in [0.15, 0.2) is 0 Å². The van der Waals surface area contributed by atoms with Gasteiger partial charge in [-0.3, -0.25) is 9.80 Å². The first-order valence-corrected chi connectivity index (χ1v) is 8.92. The SMILES string of the molecule is CCCCc1ncc(CN2CCCC(N3CCOCC3)C2)[nH]1. The third-order valence-corrected chi connectivity index (χ3v) is 4.88. The Labute approximate surface area is 134 Å². The number of H-pyrrole nitrogens is 1. The molecule has 0 aromatic carbocycles. The molecule has 0 amide bonds. The van der Waals surface area contributed by atoms with Crippen molar-refractivity contribution >= 4 is 0 Å². The number of morpholine rings is 1. The highest BCUT2D eigenvalue weighted by Crippen LogP contribution is 2.18. The Morgan fingerprint density at radius 3 is 3.00 bits per heavy atom. The first-order valence-electron chi connectivity index (χ1n) is 8.92. The zero-order chi connectivity index (χ0) is 15.2. The summed E-state index contributed by atoms with van der Waals surface area (Å²) in [6, 6.07) is 0.708. The van der Waals surface area contributed by atoms with Gasteiger partial charge in [0, 0.05) is 50.5 Å². The lowest BCUT2D eigenvalue weighted by Gasteiger charge is -2.40. The number of likely N-dealkylation sites (tertiary alicyclic amines) is 1. The third-order valence-electron chi connectivity index (χ3n) is 4.88. The number of nitrogens with one attached hydrogen (secondary N) is 1. The molecule has 0 spiro atoms. The van der Waals surface area contributed by atoms with E-state index in [1.165, 1.54) is 44.5 Å². The first kappa shape index (κ1) is 16.0. The van der Waals surface area contributed by atoms with E-state index in [-0.39, 0.29) is 0 Å². The molecule has 2 fully saturated rings. The lowest BCUT2D eigenvalue weighted by molar-refractivity contribution is -0.00371. The highest BCUT2D eigenvalue weighted by Gasteiger charge is 2.26. The average Bonchev–Trinajstić information content (AvgIpc) is 3.01. The molecular weight excluding hydrogens is 276 g/mol. The normalized spacial score (nSPS) is 24.7. The summed E-state index contributed by atoms with van der Waals surface area (Å²) in [5.41, 5.74) is 1.27. The number of nitrogens with zero attached hydrogens (tertiary/aromatic N) is 3. The van der Waals surface area contributed by atoms with E-state index < -0.39 is 0 Å². The number of rotatable bonds is 6. The van der Waals surface area contributed by atoms with Crippen LogP contribution in [-0.4, -0.2) is 65.2 Å². The van der Waals surface area contributed by atoms with E-state index in [1.54, 1.807) is 0 Å². The van der Waals surface area contributed by atoms with Crippen molar-refractivity contribution < 1.29 is 4.74 Å². The highest BCUT2D eigenvalue weighted by atomic mass is 16.5. The Hall–Kier alpha value is -0.910. The molecule has 1 N–H and O–H groups in total. The molecule has 0 saturated carbocycles. The standard InChI is InChI=1S/C17H30N4O/c1-2-3-6-17-18-12-15(19-17)13-20-7-4-5-16(14-20)21-8-10-22-11-9-21/h12,16H,2-11,13-14H2,1H3,(H,18,19). The van der Waals surface area contributed by atoms with Crippen LogP contribution in [0.1, 0.15) is 44.1 Å². The van der Waals surface area contributed by atoms with Crippen LogP contribution >= 0.6 is 0 Å². The van der Waals surface area contributed by atoms with Gasteiger partial charge in [-0.2, -0.15) is 0 Å². The molecule has 2 aliphatic rings. The molecule has 124 valence electrons. The van der Waals surface area contributed by atoms with E-state index in [2.05, 4.69) is 26.7 Å². The van der Waals surface area contributed by atoms with Gasteiger partial charge in [-0.25, -0.2) is 4.98 Å². The Morgan fingerprint density at radius 1 is 1.32 bits per heavy atom. The van der Waals surface area contributed by atoms with Crippen LogP contribution in [0.2, 0.25) is 0 Å². The van der Waals surface area contributed by atoms with E-state index in [0.717, 1.165) is 45.1 Å². The summed E-state index contributed by atoms with van der Waals surface area (Å²) < 4.78 is 5.48. The van der Waals surface area contributed by atoms with Crippen LogP contribution in [0.4, 0.5) is 0 Å². The summed E-state index contributed by atoms with van der Waals surface area (Å²) in [6.07, 6.45) is 8.19. The molecule has 0 radical (unpaired) electrons. The zero-order valence-electron chi connectivity index (χ0n) is 13.9. The molecule has 1 aromatic heterocycles. The number of hydrogen-bond acceptors (Lipinski definition) is 4. The second-order valence-corrected chi connectivity index (χ2v) is 6.64. The number of aromatic nitrogens is 2. The van der Waals surface area contributed by atoms with Gasteiger partial charge in [-0.15, -0.1) is 0 Å². The van der Waals surface area contributed by atoms with Gasteiger partial charge >= 0.3 is 0 Å². The van der Waals surface area contributed by atoms with E-state index in [4.69, 9.17) is 4.74 Å². The molecule has 3 heterocycles. The zero-order valence-corrected chi connectivity index (χ0v) is 13.9. The summed E-state index contributed by atoms with van der Waals surface area (Å²) in [5.74, 6) is 1.15. The number of piperidine rings is 1. The van der Waals surface area contributed by atoms with Crippen LogP contribution in [0.3, 0.4) is 0 Å². The third kappa shape index (κ3) is 4.31. The van der Waals surface area contributed by atoms with E-state index in [9.17, 15) is 0 Å². The number of hydrogen-bond donors (Lipinski definition) is 1. The van der Waals surface area contributed by atoms with E-state index in [0.29, 0.717) is 6.04 Å². The summed E-state index contributed by atoms with van der Waals surface area (Å²) in [5, 5.41) is 0. The lowest BCUT2D eigenvalue weighted by Crippen LogP contribution is -2.51. The molecule has 0 bridgehead atoms. The number of aryl methyl sites for hydroxylation is 1. The fourth-order valence-corrected chi connectivity index (χ4v) is 3.61. The second-order valence-electron chi connectivity index (χ2n) is 6.64. The Balaban J connectivity index is 1.50. The van der Waals surface area contributed by atoms with Crippen LogP contribution in [0.15, 0.2) is 6.20 Å². The molecule has 2 saturated heterocycles. The molecule has 2 aliphatic heterocycles. The van der Waals surface area contributed by atoms with Crippen LogP contribution in [0.5, 0.6) is 0 Å². The maximum atomic E-state index is 5.48. The van der Waals surface area contributed by atoms with Gasteiger partial charge in [-0.05, 0) is 25.8 Å². The van der Waals surface area contributed by atoms with Crippen molar-refractivity contribution in [1.29, 1.82) is 0 Å². The Morgan fingerprint density at radius 2 is 2.18 bits per heavy atom. The van der Waals surface area contributed by atoms with Crippen molar-refractivity contribution in [3.63, 3.8) is 0 Å². The molecule has 22 heavy (non-hydrogen) atoms. The minimum Gasteiger partial charge on any atom is -0.379 e. The van der Waals surface area contributed by atoms with Gasteiger partial charge in [-0.1, -0.05) is 13.3 Å². The minimum atomic E-state index is 0.708. The summed E-state index contributed by atoms with van der Waals surface area (Å²) >= 11 is 0. The number of ether oxygens (including phenoxy) is 1. The summed E-state index contributed by atoms with van der Waals surface area (Å²) in [6.45, 7) is 9.64. The van der Waals surface area contributed by atoms with Gasteiger partial charge in [0.1, 0.15) is 5.82 Å². The van der Waals surface area contributed by atoms with Crippen molar-refractivity contribution in [3.8, 4) is 0 Å². The number of unbranched alkanes of at least 4 members (excludes halogenated alkanes) is 1. The fourth-order valence-electron chi connectivity index (χ4n) is 3.61. The highest BCUT2D eigenvalue weighted by molar-refractivity contribution is 5.02. The maximum Gasteiger partial charge on any atom is 0.106 e. The average molecular weight is 306 g/mol. The molecule has 1 atom stereocenters. The fraction of sp³-hybridized carbons (Fsp3) is 0.824. The molecule has 5 nitrogen and oxygen atoms in total. The van der Waals surface area contributed by atoms with Crippen molar-refractivity contribution in [2.75, 3.05) is 39.4 Å². The van der Waals surface area contributed by atoms with Gasteiger partial charge in [0.2, 0.25) is 0 Å². The number of imidazole rings is 1. The lowest BCUT2D eigenvalue weighted by atomic mass is 10.0. The Bertz CT molecular complexity index is 442. The van der Waals surface area contributed by atoms with Crippen LogP contribution in [0.25, 0.3) is 0 Å². The van der Waals surface area contributed by atoms with E-state index in [1.807, 2.05) is 6.20 Å². The van der Waals surface area contributed by atoms with Crippen molar-refractivity contribution in [1.82, 2.24) is 19.8 Å². The molecule has 3 rings (SSSR count). The molecule has 5 heteroatoms. The van der Waals surface area contributed by atoms with Crippen molar-refractivity contribution in [3.05, 3.63) is 17.7 Å². The molecule has 1 aromatic rings. The van der Waals surface area contributed by atoms with Crippen LogP contribution in [-0.2, 0) is 17.7 Å². The van der Waals surface area contributed by atoms with Gasteiger partial charge < -0.3 is 9.72 Å². The topological polar surface area (TPSA) is 44.4 Å². The molecule has 1 unspecified atom stereocenters. The molecule has 0 aliphatic carbocycles. The van der Waals surface area contributed by atoms with E-state index >= 15 is 0 Å². The maximum absolute atomic E-state index is 5.48. The van der Waals surface area contributed by atoms with Crippen molar-refractivity contribution in [2.45, 2.75) is 51.6 Å². The van der Waals surface area contributed by atoms with Crippen LogP contribution < -0.4 is 0 Å². The monoisotopic (exact) mass is 306 g/mol. The van der Waals surface area contributed by atoms with Gasteiger partial charge in [0.25, 0.3) is 0 Å². The predicted molar refractivity (Wildman–Crippen MR) is 87.9 cm³/mol. The smallest absolute Gasteiger partial charge is 0.106 e. The quantitative estimate of drug-likeness (QED) is 0.873. The minimum absolute atomic E-state index is 0.708.